The van der Waals surface area contributed by atoms with E-state index in [-0.39, 0.29) is 18.9 Å². The largest absolute Gasteiger partial charge is 0.493 e. The quantitative estimate of drug-likeness (QED) is 0.540. The minimum Gasteiger partial charge on any atom is -0.493 e. The number of hydrogen-bond donors (Lipinski definition) is 1. The molecule has 0 aliphatic carbocycles. The molecule has 3 aromatic carbocycles. The maximum Gasteiger partial charge on any atom is 0.240 e. The second kappa shape index (κ2) is 8.14. The van der Waals surface area contributed by atoms with Gasteiger partial charge in [0.05, 0.1) is 59.1 Å². The monoisotopic (exact) mass is 493 g/mol. The van der Waals surface area contributed by atoms with Gasteiger partial charge in [0.1, 0.15) is 11.4 Å². The molecule has 3 heterocycles. The Balaban J connectivity index is 1.34. The van der Waals surface area contributed by atoms with Crippen LogP contribution < -0.4 is 9.64 Å². The summed E-state index contributed by atoms with van der Waals surface area (Å²) in [5, 5.41) is 30.8. The van der Waals surface area contributed by atoms with Gasteiger partial charge in [0.15, 0.2) is 0 Å². The summed E-state index contributed by atoms with van der Waals surface area (Å²) >= 11 is 0. The van der Waals surface area contributed by atoms with Crippen molar-refractivity contribution < 1.29 is 24.2 Å². The van der Waals surface area contributed by atoms with E-state index < -0.39 is 35.0 Å². The molecule has 0 radical (unpaired) electrons. The molecule has 3 aromatic rings. The number of imide groups is 1. The number of ether oxygens (including phenoxy) is 2. The molecule has 5 atom stereocenters. The van der Waals surface area contributed by atoms with E-state index in [1.807, 2.05) is 6.07 Å². The third-order valence-electron chi connectivity index (χ3n) is 8.15. The normalized spacial score (nSPS) is 29.8. The number of amides is 2. The Morgan fingerprint density at radius 2 is 1.70 bits per heavy atom. The minimum atomic E-state index is -1.19. The van der Waals surface area contributed by atoms with Crippen LogP contribution in [0.5, 0.6) is 5.75 Å². The third kappa shape index (κ3) is 3.20. The van der Waals surface area contributed by atoms with E-state index in [9.17, 15) is 20.0 Å². The minimum absolute atomic E-state index is 0.208. The molecule has 3 aliphatic heterocycles. The SMILES string of the molecule is C[C@]12O[C@](CCOc3ccc(C#N)cc3)(C[C@@H]1O)[C@H]1C(=O)N(c3ccc(C#N)c4ccccc34)C(=O)[C@H]12. The standard InChI is InChI=1S/C29H23N3O5/c1-28-23(33)14-29(37-28,12-13-36-19-9-6-17(15-30)7-10-19)25-24(28)26(34)32(27(25)35)22-11-8-18(16-31)20-4-2-3-5-21(20)22/h2-11,23-25,33H,12-14H2,1H3/t23-,24-,25+,28-,29+/m0/s1. The number of anilines is 1. The Morgan fingerprint density at radius 1 is 1.00 bits per heavy atom. The predicted molar refractivity (Wildman–Crippen MR) is 132 cm³/mol. The van der Waals surface area contributed by atoms with Gasteiger partial charge in [-0.3, -0.25) is 9.59 Å². The maximum absolute atomic E-state index is 14.0. The fourth-order valence-corrected chi connectivity index (χ4v) is 6.40. The summed E-state index contributed by atoms with van der Waals surface area (Å²) in [6, 6.07) is 21.4. The first-order chi connectivity index (χ1) is 17.8. The van der Waals surface area contributed by atoms with Gasteiger partial charge in [-0.15, -0.1) is 0 Å². The van der Waals surface area contributed by atoms with Crippen LogP contribution in [0.1, 0.15) is 30.9 Å². The summed E-state index contributed by atoms with van der Waals surface area (Å²) in [5.74, 6) is -1.77. The molecular weight excluding hydrogens is 470 g/mol. The van der Waals surface area contributed by atoms with E-state index >= 15 is 0 Å². The molecule has 2 bridgehead atoms. The summed E-state index contributed by atoms with van der Waals surface area (Å²) in [5.41, 5.74) is -0.826. The van der Waals surface area contributed by atoms with Crippen molar-refractivity contribution in [2.45, 2.75) is 37.1 Å². The van der Waals surface area contributed by atoms with Crippen molar-refractivity contribution in [2.24, 2.45) is 11.8 Å². The van der Waals surface area contributed by atoms with Gasteiger partial charge in [0.2, 0.25) is 11.8 Å². The zero-order chi connectivity index (χ0) is 25.9. The van der Waals surface area contributed by atoms with Crippen molar-refractivity contribution in [3.8, 4) is 17.9 Å². The molecule has 8 heteroatoms. The van der Waals surface area contributed by atoms with Gasteiger partial charge in [0, 0.05) is 23.6 Å². The first-order valence-electron chi connectivity index (χ1n) is 12.1. The molecule has 8 nitrogen and oxygen atoms in total. The third-order valence-corrected chi connectivity index (χ3v) is 8.15. The van der Waals surface area contributed by atoms with Crippen molar-refractivity contribution >= 4 is 28.3 Å². The van der Waals surface area contributed by atoms with Crippen molar-refractivity contribution in [2.75, 3.05) is 11.5 Å². The maximum atomic E-state index is 14.0. The number of nitriles is 2. The van der Waals surface area contributed by atoms with Crippen LogP contribution in [0.15, 0.2) is 60.7 Å². The zero-order valence-corrected chi connectivity index (χ0v) is 20.0. The van der Waals surface area contributed by atoms with E-state index in [0.29, 0.717) is 39.8 Å². The summed E-state index contributed by atoms with van der Waals surface area (Å²) < 4.78 is 12.2. The Kier molecular flexibility index (Phi) is 5.10. The summed E-state index contributed by atoms with van der Waals surface area (Å²) in [7, 11) is 0. The lowest BCUT2D eigenvalue weighted by Gasteiger charge is -2.33. The molecule has 3 fully saturated rings. The zero-order valence-electron chi connectivity index (χ0n) is 20.0. The summed E-state index contributed by atoms with van der Waals surface area (Å²) in [4.78, 5) is 29.0. The topological polar surface area (TPSA) is 124 Å². The molecule has 3 aliphatic rings. The van der Waals surface area contributed by atoms with E-state index in [1.165, 1.54) is 4.90 Å². The van der Waals surface area contributed by atoms with E-state index in [4.69, 9.17) is 14.7 Å². The summed E-state index contributed by atoms with van der Waals surface area (Å²) in [6.45, 7) is 1.91. The molecule has 184 valence electrons. The predicted octanol–water partition coefficient (Wildman–Crippen LogP) is 3.45. The molecule has 1 N–H and O–H groups in total. The molecule has 6 rings (SSSR count). The van der Waals surface area contributed by atoms with Crippen LogP contribution in [0.2, 0.25) is 0 Å². The van der Waals surface area contributed by atoms with Crippen molar-refractivity contribution in [3.05, 3.63) is 71.8 Å². The van der Waals surface area contributed by atoms with Gasteiger partial charge < -0.3 is 14.6 Å². The number of hydrogen-bond acceptors (Lipinski definition) is 7. The van der Waals surface area contributed by atoms with Crippen molar-refractivity contribution in [3.63, 3.8) is 0 Å². The van der Waals surface area contributed by atoms with Gasteiger partial charge in [-0.2, -0.15) is 10.5 Å². The molecule has 37 heavy (non-hydrogen) atoms. The van der Waals surface area contributed by atoms with E-state index in [2.05, 4.69) is 12.1 Å². The average molecular weight is 494 g/mol. The Bertz CT molecular complexity index is 1540. The van der Waals surface area contributed by atoms with E-state index in [1.54, 1.807) is 61.5 Å². The van der Waals surface area contributed by atoms with Crippen LogP contribution in [0, 0.1) is 34.5 Å². The highest BCUT2D eigenvalue weighted by atomic mass is 16.6. The van der Waals surface area contributed by atoms with E-state index in [0.717, 1.165) is 0 Å². The van der Waals surface area contributed by atoms with Gasteiger partial charge >= 0.3 is 0 Å². The van der Waals surface area contributed by atoms with Crippen LogP contribution in [-0.4, -0.2) is 40.8 Å². The number of fused-ring (bicyclic) bond motifs is 6. The molecule has 0 aromatic heterocycles. The van der Waals surface area contributed by atoms with Gasteiger partial charge in [0.25, 0.3) is 0 Å². The number of aliphatic hydroxyl groups is 1. The van der Waals surface area contributed by atoms with Crippen LogP contribution >= 0.6 is 0 Å². The fourth-order valence-electron chi connectivity index (χ4n) is 6.40. The second-order valence-corrected chi connectivity index (χ2v) is 10.1. The van der Waals surface area contributed by atoms with Crippen LogP contribution in [-0.2, 0) is 14.3 Å². The lowest BCUT2D eigenvalue weighted by Crippen LogP contribution is -2.49. The van der Waals surface area contributed by atoms with Crippen LogP contribution in [0.3, 0.4) is 0 Å². The van der Waals surface area contributed by atoms with Crippen LogP contribution in [0.25, 0.3) is 10.8 Å². The van der Waals surface area contributed by atoms with Crippen molar-refractivity contribution in [1.29, 1.82) is 10.5 Å². The molecular formula is C29H23N3O5. The Morgan fingerprint density at radius 3 is 2.41 bits per heavy atom. The summed E-state index contributed by atoms with van der Waals surface area (Å²) in [6.07, 6.45) is -0.373. The number of carbonyl (C=O) groups is 2. The molecule has 0 unspecified atom stereocenters. The molecule has 2 amide bonds. The van der Waals surface area contributed by atoms with Gasteiger partial charge in [-0.1, -0.05) is 24.3 Å². The number of carbonyl (C=O) groups excluding carboxylic acids is 2. The Hall–Kier alpha value is -4.24. The molecule has 3 saturated heterocycles. The molecule has 0 spiro atoms. The highest BCUT2D eigenvalue weighted by Crippen LogP contribution is 2.62. The first kappa shape index (κ1) is 23.2. The number of benzene rings is 3. The number of rotatable bonds is 5. The smallest absolute Gasteiger partial charge is 0.240 e. The average Bonchev–Trinajstić information content (AvgIpc) is 3.44. The number of aliphatic hydroxyl groups excluding tert-OH is 1. The lowest BCUT2D eigenvalue weighted by atomic mass is 9.66. The highest BCUT2D eigenvalue weighted by Gasteiger charge is 2.77. The molecule has 0 saturated carbocycles. The number of nitrogens with zero attached hydrogens (tertiary/aromatic N) is 3. The highest BCUT2D eigenvalue weighted by molar-refractivity contribution is 6.26. The van der Waals surface area contributed by atoms with Crippen LogP contribution in [0.4, 0.5) is 5.69 Å². The lowest BCUT2D eigenvalue weighted by molar-refractivity contribution is -0.134. The Labute approximate surface area is 213 Å². The van der Waals surface area contributed by atoms with Gasteiger partial charge in [-0.25, -0.2) is 4.90 Å². The van der Waals surface area contributed by atoms with Gasteiger partial charge in [-0.05, 0) is 43.3 Å². The second-order valence-electron chi connectivity index (χ2n) is 10.1. The first-order valence-corrected chi connectivity index (χ1v) is 12.1. The fraction of sp³-hybridized carbons (Fsp3) is 0.310. The van der Waals surface area contributed by atoms with Crippen molar-refractivity contribution in [1.82, 2.24) is 0 Å².